The van der Waals surface area contributed by atoms with E-state index in [1.54, 1.807) is 6.20 Å². The number of hydrogen-bond acceptors (Lipinski definition) is 2. The molecular formula is C16H15N3. The second kappa shape index (κ2) is 5.40. The van der Waals surface area contributed by atoms with Crippen LogP contribution in [0.4, 0.5) is 5.69 Å². The zero-order valence-corrected chi connectivity index (χ0v) is 10.5. The van der Waals surface area contributed by atoms with Gasteiger partial charge in [0.2, 0.25) is 0 Å². The first-order valence-electron chi connectivity index (χ1n) is 6.29. The smallest absolute Gasteiger partial charge is 0.0650 e. The van der Waals surface area contributed by atoms with Gasteiger partial charge >= 0.3 is 0 Å². The quantitative estimate of drug-likeness (QED) is 0.740. The van der Waals surface area contributed by atoms with E-state index in [0.29, 0.717) is 0 Å². The molecule has 2 aromatic carbocycles. The van der Waals surface area contributed by atoms with Gasteiger partial charge in [-0.3, -0.25) is 5.10 Å². The minimum Gasteiger partial charge on any atom is -0.381 e. The molecule has 1 aromatic heterocycles. The third kappa shape index (κ3) is 2.83. The van der Waals surface area contributed by atoms with Gasteiger partial charge in [-0.25, -0.2) is 0 Å². The summed E-state index contributed by atoms with van der Waals surface area (Å²) in [5.74, 6) is 0. The molecule has 0 aliphatic rings. The molecule has 2 N–H and O–H groups in total. The fraction of sp³-hybridized carbons (Fsp3) is 0.0625. The molecule has 0 fully saturated rings. The minimum atomic E-state index is 0.838. The highest BCUT2D eigenvalue weighted by atomic mass is 15.1. The largest absolute Gasteiger partial charge is 0.381 e. The number of H-pyrrole nitrogens is 1. The summed E-state index contributed by atoms with van der Waals surface area (Å²) in [5, 5.41) is 10.3. The Morgan fingerprint density at radius 1 is 0.895 bits per heavy atom. The van der Waals surface area contributed by atoms with Crippen molar-refractivity contribution in [1.29, 1.82) is 0 Å². The highest BCUT2D eigenvalue weighted by Crippen LogP contribution is 2.19. The van der Waals surface area contributed by atoms with Crippen LogP contribution in [0.3, 0.4) is 0 Å². The Morgan fingerprint density at radius 2 is 1.68 bits per heavy atom. The van der Waals surface area contributed by atoms with Crippen molar-refractivity contribution in [2.75, 3.05) is 5.32 Å². The van der Waals surface area contributed by atoms with Crippen molar-refractivity contribution >= 4 is 5.69 Å². The van der Waals surface area contributed by atoms with Gasteiger partial charge in [0.15, 0.2) is 0 Å². The second-order valence-electron chi connectivity index (χ2n) is 4.39. The Balaban J connectivity index is 1.67. The summed E-state index contributed by atoms with van der Waals surface area (Å²) in [4.78, 5) is 0. The van der Waals surface area contributed by atoms with Crippen molar-refractivity contribution < 1.29 is 0 Å². The lowest BCUT2D eigenvalue weighted by Crippen LogP contribution is -1.98. The summed E-state index contributed by atoms with van der Waals surface area (Å²) in [7, 11) is 0. The average Bonchev–Trinajstić information content (AvgIpc) is 3.01. The lowest BCUT2D eigenvalue weighted by atomic mass is 10.1. The van der Waals surface area contributed by atoms with Gasteiger partial charge < -0.3 is 5.32 Å². The molecule has 0 spiro atoms. The summed E-state index contributed by atoms with van der Waals surface area (Å²) >= 11 is 0. The van der Waals surface area contributed by atoms with Crippen molar-refractivity contribution in [2.24, 2.45) is 0 Å². The average molecular weight is 249 g/mol. The van der Waals surface area contributed by atoms with Gasteiger partial charge in [-0.1, -0.05) is 42.5 Å². The zero-order chi connectivity index (χ0) is 12.9. The molecule has 0 aliphatic carbocycles. The summed E-state index contributed by atoms with van der Waals surface area (Å²) < 4.78 is 0. The first-order chi connectivity index (χ1) is 9.42. The number of anilines is 1. The van der Waals surface area contributed by atoms with Crippen LogP contribution in [0.25, 0.3) is 11.3 Å². The van der Waals surface area contributed by atoms with Gasteiger partial charge in [0.25, 0.3) is 0 Å². The molecule has 0 unspecified atom stereocenters. The van der Waals surface area contributed by atoms with Gasteiger partial charge in [-0.15, -0.1) is 0 Å². The van der Waals surface area contributed by atoms with Gasteiger partial charge in [-0.05, 0) is 29.3 Å². The molecule has 3 rings (SSSR count). The van der Waals surface area contributed by atoms with Gasteiger partial charge in [0.05, 0.1) is 5.69 Å². The molecule has 0 bridgehead atoms. The van der Waals surface area contributed by atoms with E-state index in [0.717, 1.165) is 23.5 Å². The summed E-state index contributed by atoms with van der Waals surface area (Å²) in [6.07, 6.45) is 1.76. The van der Waals surface area contributed by atoms with Crippen molar-refractivity contribution in [2.45, 2.75) is 6.54 Å². The molecule has 0 radical (unpaired) electrons. The number of aromatic nitrogens is 2. The van der Waals surface area contributed by atoms with Crippen LogP contribution in [-0.2, 0) is 6.54 Å². The SMILES string of the molecule is c1ccc(CNc2ccc(-c3ccn[nH]3)cc2)cc1. The fourth-order valence-corrected chi connectivity index (χ4v) is 1.98. The van der Waals surface area contributed by atoms with Crippen LogP contribution in [0.2, 0.25) is 0 Å². The highest BCUT2D eigenvalue weighted by molar-refractivity contribution is 5.62. The standard InChI is InChI=1S/C16H15N3/c1-2-4-13(5-3-1)12-17-15-8-6-14(7-9-15)16-10-11-18-19-16/h1-11,17H,12H2,(H,18,19). The van der Waals surface area contributed by atoms with Crippen LogP contribution < -0.4 is 5.32 Å². The van der Waals surface area contributed by atoms with Gasteiger partial charge in [0, 0.05) is 18.4 Å². The molecule has 0 atom stereocenters. The van der Waals surface area contributed by atoms with E-state index in [1.165, 1.54) is 5.56 Å². The highest BCUT2D eigenvalue weighted by Gasteiger charge is 1.98. The van der Waals surface area contributed by atoms with E-state index in [4.69, 9.17) is 0 Å². The molecule has 0 amide bonds. The number of aromatic amines is 1. The maximum atomic E-state index is 3.96. The van der Waals surface area contributed by atoms with E-state index in [-0.39, 0.29) is 0 Å². The summed E-state index contributed by atoms with van der Waals surface area (Å²) in [6.45, 7) is 0.838. The summed E-state index contributed by atoms with van der Waals surface area (Å²) in [5.41, 5.74) is 4.57. The molecule has 3 nitrogen and oxygen atoms in total. The maximum Gasteiger partial charge on any atom is 0.0650 e. The van der Waals surface area contributed by atoms with E-state index in [9.17, 15) is 0 Å². The molecule has 1 heterocycles. The van der Waals surface area contributed by atoms with Crippen LogP contribution in [0.15, 0.2) is 66.9 Å². The third-order valence-electron chi connectivity index (χ3n) is 3.04. The van der Waals surface area contributed by atoms with E-state index < -0.39 is 0 Å². The Labute approximate surface area is 112 Å². The topological polar surface area (TPSA) is 40.7 Å². The lowest BCUT2D eigenvalue weighted by Gasteiger charge is -2.07. The maximum absolute atomic E-state index is 3.96. The van der Waals surface area contributed by atoms with Crippen LogP contribution in [0.5, 0.6) is 0 Å². The Morgan fingerprint density at radius 3 is 2.37 bits per heavy atom. The second-order valence-corrected chi connectivity index (χ2v) is 4.39. The molecule has 0 aliphatic heterocycles. The molecule has 0 saturated carbocycles. The first-order valence-corrected chi connectivity index (χ1v) is 6.29. The van der Waals surface area contributed by atoms with Crippen LogP contribution in [-0.4, -0.2) is 10.2 Å². The Bertz CT molecular complexity index is 613. The van der Waals surface area contributed by atoms with Crippen molar-refractivity contribution in [3.05, 3.63) is 72.4 Å². The van der Waals surface area contributed by atoms with E-state index in [1.807, 2.05) is 12.1 Å². The van der Waals surface area contributed by atoms with E-state index in [2.05, 4.69) is 64.0 Å². The van der Waals surface area contributed by atoms with Crippen molar-refractivity contribution in [3.8, 4) is 11.3 Å². The molecule has 94 valence electrons. The fourth-order valence-electron chi connectivity index (χ4n) is 1.98. The van der Waals surface area contributed by atoms with Crippen LogP contribution in [0, 0.1) is 0 Å². The number of nitrogens with one attached hydrogen (secondary N) is 2. The summed E-state index contributed by atoms with van der Waals surface area (Å²) in [6, 6.07) is 20.7. The predicted molar refractivity (Wildman–Crippen MR) is 77.8 cm³/mol. The Hall–Kier alpha value is -2.55. The number of rotatable bonds is 4. The minimum absolute atomic E-state index is 0.838. The molecule has 0 saturated heterocycles. The lowest BCUT2D eigenvalue weighted by molar-refractivity contribution is 1.09. The molecule has 19 heavy (non-hydrogen) atoms. The number of hydrogen-bond donors (Lipinski definition) is 2. The normalized spacial score (nSPS) is 10.3. The molecule has 3 heteroatoms. The monoisotopic (exact) mass is 249 g/mol. The molecule has 3 aromatic rings. The van der Waals surface area contributed by atoms with Crippen molar-refractivity contribution in [1.82, 2.24) is 10.2 Å². The Kier molecular flexibility index (Phi) is 3.28. The van der Waals surface area contributed by atoms with Crippen LogP contribution in [0.1, 0.15) is 5.56 Å². The van der Waals surface area contributed by atoms with Gasteiger partial charge in [0.1, 0.15) is 0 Å². The number of nitrogens with zero attached hydrogens (tertiary/aromatic N) is 1. The van der Waals surface area contributed by atoms with E-state index >= 15 is 0 Å². The first kappa shape index (κ1) is 11.5. The zero-order valence-electron chi connectivity index (χ0n) is 10.5. The predicted octanol–water partition coefficient (Wildman–Crippen LogP) is 3.69. The van der Waals surface area contributed by atoms with Crippen LogP contribution >= 0.6 is 0 Å². The third-order valence-corrected chi connectivity index (χ3v) is 3.04. The molecular weight excluding hydrogens is 234 g/mol. The number of benzene rings is 2. The van der Waals surface area contributed by atoms with Gasteiger partial charge in [-0.2, -0.15) is 5.10 Å². The van der Waals surface area contributed by atoms with Crippen molar-refractivity contribution in [3.63, 3.8) is 0 Å².